The first kappa shape index (κ1) is 12.4. The average Bonchev–Trinajstić information content (AvgIpc) is 2.28. The number of nitrogens with zero attached hydrogens (tertiary/aromatic N) is 1. The minimum Gasteiger partial charge on any atom is -0.465 e. The molecule has 0 aliphatic rings. The van der Waals surface area contributed by atoms with E-state index >= 15 is 0 Å². The number of benzene rings is 1. The number of ether oxygens (including phenoxy) is 1. The van der Waals surface area contributed by atoms with Gasteiger partial charge in [-0.25, -0.2) is 4.79 Å². The van der Waals surface area contributed by atoms with Crippen molar-refractivity contribution in [1.29, 1.82) is 0 Å². The Labute approximate surface area is 100.0 Å². The SMILES string of the molecule is COC(=O)/C(Br)=C/c1cccc([N+](=O)[O-])c1. The van der Waals surface area contributed by atoms with Gasteiger partial charge in [-0.05, 0) is 27.6 Å². The molecule has 0 aliphatic carbocycles. The zero-order chi connectivity index (χ0) is 12.1. The van der Waals surface area contributed by atoms with Crippen LogP contribution in [0.25, 0.3) is 6.08 Å². The Morgan fingerprint density at radius 2 is 2.25 bits per heavy atom. The summed E-state index contributed by atoms with van der Waals surface area (Å²) < 4.78 is 4.68. The highest BCUT2D eigenvalue weighted by Gasteiger charge is 2.08. The maximum Gasteiger partial charge on any atom is 0.344 e. The van der Waals surface area contributed by atoms with Gasteiger partial charge in [0, 0.05) is 12.1 Å². The molecule has 1 aromatic carbocycles. The number of methoxy groups -OCH3 is 1. The number of halogens is 1. The normalized spacial score (nSPS) is 11.0. The molecule has 5 nitrogen and oxygen atoms in total. The molecule has 16 heavy (non-hydrogen) atoms. The van der Waals surface area contributed by atoms with Gasteiger partial charge in [-0.3, -0.25) is 10.1 Å². The van der Waals surface area contributed by atoms with Crippen LogP contribution in [0.1, 0.15) is 5.56 Å². The molecule has 0 N–H and O–H groups in total. The fourth-order valence-corrected chi connectivity index (χ4v) is 1.46. The van der Waals surface area contributed by atoms with Gasteiger partial charge in [0.05, 0.1) is 12.0 Å². The van der Waals surface area contributed by atoms with Crippen molar-refractivity contribution in [2.24, 2.45) is 0 Å². The van der Waals surface area contributed by atoms with E-state index in [2.05, 4.69) is 20.7 Å². The molecule has 0 spiro atoms. The van der Waals surface area contributed by atoms with Gasteiger partial charge >= 0.3 is 5.97 Å². The third-order valence-electron chi connectivity index (χ3n) is 1.75. The Morgan fingerprint density at radius 3 is 2.81 bits per heavy atom. The molecular weight excluding hydrogens is 278 g/mol. The third kappa shape index (κ3) is 3.16. The molecule has 0 fully saturated rings. The first-order chi connectivity index (χ1) is 7.54. The van der Waals surface area contributed by atoms with Gasteiger partial charge in [0.2, 0.25) is 0 Å². The highest BCUT2D eigenvalue weighted by atomic mass is 79.9. The number of carbonyl (C=O) groups is 1. The zero-order valence-electron chi connectivity index (χ0n) is 8.34. The first-order valence-corrected chi connectivity index (χ1v) is 5.04. The molecule has 0 aromatic heterocycles. The second-order valence-corrected chi connectivity index (χ2v) is 3.69. The topological polar surface area (TPSA) is 69.4 Å². The lowest BCUT2D eigenvalue weighted by atomic mass is 10.2. The molecule has 0 atom stereocenters. The van der Waals surface area contributed by atoms with Crippen LogP contribution in [0.4, 0.5) is 5.69 Å². The van der Waals surface area contributed by atoms with Gasteiger partial charge in [0.1, 0.15) is 4.48 Å². The number of rotatable bonds is 3. The van der Waals surface area contributed by atoms with Crippen molar-refractivity contribution < 1.29 is 14.5 Å². The van der Waals surface area contributed by atoms with Crippen molar-refractivity contribution in [3.63, 3.8) is 0 Å². The Hall–Kier alpha value is -1.69. The third-order valence-corrected chi connectivity index (χ3v) is 2.31. The number of esters is 1. The van der Waals surface area contributed by atoms with Gasteiger partial charge in [0.25, 0.3) is 5.69 Å². The lowest BCUT2D eigenvalue weighted by Gasteiger charge is -1.97. The summed E-state index contributed by atoms with van der Waals surface area (Å²) in [6.45, 7) is 0. The molecule has 0 radical (unpaired) electrons. The van der Waals surface area contributed by atoms with Crippen LogP contribution < -0.4 is 0 Å². The predicted molar refractivity (Wildman–Crippen MR) is 62.0 cm³/mol. The molecule has 84 valence electrons. The maximum absolute atomic E-state index is 11.1. The quantitative estimate of drug-likeness (QED) is 0.370. The molecule has 0 aliphatic heterocycles. The highest BCUT2D eigenvalue weighted by Crippen LogP contribution is 2.18. The van der Waals surface area contributed by atoms with Gasteiger partial charge in [-0.2, -0.15) is 0 Å². The van der Waals surface area contributed by atoms with E-state index in [0.29, 0.717) is 5.56 Å². The van der Waals surface area contributed by atoms with Crippen molar-refractivity contribution in [1.82, 2.24) is 0 Å². The first-order valence-electron chi connectivity index (χ1n) is 4.24. The number of hydrogen-bond donors (Lipinski definition) is 0. The van der Waals surface area contributed by atoms with Gasteiger partial charge in [0.15, 0.2) is 0 Å². The van der Waals surface area contributed by atoms with Crippen LogP contribution in [0.15, 0.2) is 28.7 Å². The molecule has 0 saturated carbocycles. The number of carbonyl (C=O) groups excluding carboxylic acids is 1. The van der Waals surface area contributed by atoms with Gasteiger partial charge < -0.3 is 4.74 Å². The summed E-state index contributed by atoms with van der Waals surface area (Å²) in [5, 5.41) is 10.5. The predicted octanol–water partition coefficient (Wildman–Crippen LogP) is 2.50. The molecule has 6 heteroatoms. The smallest absolute Gasteiger partial charge is 0.344 e. The van der Waals surface area contributed by atoms with Crippen LogP contribution in [0.5, 0.6) is 0 Å². The minimum absolute atomic E-state index is 0.0288. The Kier molecular flexibility index (Phi) is 4.19. The fraction of sp³-hybridized carbons (Fsp3) is 0.100. The van der Waals surface area contributed by atoms with E-state index in [9.17, 15) is 14.9 Å². The monoisotopic (exact) mass is 285 g/mol. The molecular formula is C10H8BrNO4. The van der Waals surface area contributed by atoms with E-state index in [1.165, 1.54) is 25.3 Å². The highest BCUT2D eigenvalue weighted by molar-refractivity contribution is 9.12. The molecule has 0 amide bonds. The number of hydrogen-bond acceptors (Lipinski definition) is 4. The lowest BCUT2D eigenvalue weighted by molar-refractivity contribution is -0.384. The second kappa shape index (κ2) is 5.41. The summed E-state index contributed by atoms with van der Waals surface area (Å²) >= 11 is 3.02. The van der Waals surface area contributed by atoms with Crippen LogP contribution in [0.3, 0.4) is 0 Å². The van der Waals surface area contributed by atoms with Crippen molar-refractivity contribution in [3.8, 4) is 0 Å². The Balaban J connectivity index is 3.02. The van der Waals surface area contributed by atoms with Gasteiger partial charge in [-0.1, -0.05) is 12.1 Å². The molecule has 1 rings (SSSR count). The second-order valence-electron chi connectivity index (χ2n) is 2.84. The zero-order valence-corrected chi connectivity index (χ0v) is 9.93. The summed E-state index contributed by atoms with van der Waals surface area (Å²) in [5.74, 6) is -0.536. The summed E-state index contributed by atoms with van der Waals surface area (Å²) in [4.78, 5) is 21.1. The molecule has 0 heterocycles. The van der Waals surface area contributed by atoms with E-state index < -0.39 is 10.9 Å². The summed E-state index contributed by atoms with van der Waals surface area (Å²) in [6.07, 6.45) is 1.46. The minimum atomic E-state index is -0.536. The largest absolute Gasteiger partial charge is 0.465 e. The number of nitro benzene ring substituents is 1. The Morgan fingerprint density at radius 1 is 1.56 bits per heavy atom. The molecule has 0 saturated heterocycles. The summed E-state index contributed by atoms with van der Waals surface area (Å²) in [6, 6.07) is 5.94. The van der Waals surface area contributed by atoms with Crippen LogP contribution in [0, 0.1) is 10.1 Å². The van der Waals surface area contributed by atoms with E-state index in [0.717, 1.165) is 0 Å². The van der Waals surface area contributed by atoms with Crippen LogP contribution in [-0.4, -0.2) is 18.0 Å². The van der Waals surface area contributed by atoms with E-state index in [-0.39, 0.29) is 10.2 Å². The summed E-state index contributed by atoms with van der Waals surface area (Å²) in [5.41, 5.74) is 0.519. The van der Waals surface area contributed by atoms with E-state index in [1.807, 2.05) is 0 Å². The van der Waals surface area contributed by atoms with Crippen molar-refractivity contribution in [3.05, 3.63) is 44.4 Å². The van der Waals surface area contributed by atoms with E-state index in [4.69, 9.17) is 0 Å². The lowest BCUT2D eigenvalue weighted by Crippen LogP contribution is -1.98. The molecule has 1 aromatic rings. The standard InChI is InChI=1S/C10H8BrNO4/c1-16-10(13)9(11)6-7-3-2-4-8(5-7)12(14)15/h2-6H,1H3/b9-6-. The summed E-state index contributed by atoms with van der Waals surface area (Å²) in [7, 11) is 1.25. The van der Waals surface area contributed by atoms with Gasteiger partial charge in [-0.15, -0.1) is 0 Å². The van der Waals surface area contributed by atoms with Crippen LogP contribution in [0.2, 0.25) is 0 Å². The number of non-ortho nitro benzene ring substituents is 1. The Bertz CT molecular complexity index is 456. The fourth-order valence-electron chi connectivity index (χ4n) is 1.03. The molecule has 0 bridgehead atoms. The van der Waals surface area contributed by atoms with Crippen molar-refractivity contribution >= 4 is 33.7 Å². The molecule has 0 unspecified atom stereocenters. The van der Waals surface area contributed by atoms with Crippen molar-refractivity contribution in [2.75, 3.05) is 7.11 Å². The number of nitro groups is 1. The van der Waals surface area contributed by atoms with Crippen molar-refractivity contribution in [2.45, 2.75) is 0 Å². The van der Waals surface area contributed by atoms with Crippen LogP contribution in [-0.2, 0) is 9.53 Å². The van der Waals surface area contributed by atoms with E-state index in [1.54, 1.807) is 12.1 Å². The van der Waals surface area contributed by atoms with Crippen LogP contribution >= 0.6 is 15.9 Å². The maximum atomic E-state index is 11.1. The average molecular weight is 286 g/mol.